The van der Waals surface area contributed by atoms with Crippen LogP contribution in [-0.2, 0) is 11.3 Å². The predicted octanol–water partition coefficient (Wildman–Crippen LogP) is 4.79. The Hall–Kier alpha value is -3.07. The number of hydrogen-bond acceptors (Lipinski definition) is 4. The number of nitrogens with zero attached hydrogens (tertiary/aromatic N) is 3. The minimum atomic E-state index is -0.425. The summed E-state index contributed by atoms with van der Waals surface area (Å²) in [6.45, 7) is 14.8. The van der Waals surface area contributed by atoms with Crippen LogP contribution in [0.25, 0.3) is 6.08 Å². The number of benzene rings is 1. The Kier molecular flexibility index (Phi) is 7.32. The first-order valence-corrected chi connectivity index (χ1v) is 10.5. The van der Waals surface area contributed by atoms with Crippen molar-refractivity contribution in [2.75, 3.05) is 7.11 Å². The second kappa shape index (κ2) is 9.38. The molecule has 2 rings (SSSR count). The molecule has 1 N–H and O–H groups in total. The van der Waals surface area contributed by atoms with Gasteiger partial charge in [0.2, 0.25) is 0 Å². The lowest BCUT2D eigenvalue weighted by Crippen LogP contribution is -2.46. The molecule has 0 atom stereocenters. The van der Waals surface area contributed by atoms with E-state index in [1.807, 2.05) is 62.7 Å². The standard InChI is InChI=1S/C25H34N4O2/c1-17-11-18(2)29(28-17)15-21-13-19(9-10-22(21)31-8)12-20(14-26)23(30)27-25(6,7)16-24(3,4)5/h9-13H,15-16H2,1-8H3,(H,27,30). The number of hydrogen-bond donors (Lipinski definition) is 1. The smallest absolute Gasteiger partial charge is 0.262 e. The molecule has 0 saturated heterocycles. The summed E-state index contributed by atoms with van der Waals surface area (Å²) in [5, 5.41) is 17.1. The normalized spacial score (nSPS) is 12.4. The van der Waals surface area contributed by atoms with Crippen LogP contribution in [0.15, 0.2) is 29.8 Å². The fourth-order valence-electron chi connectivity index (χ4n) is 4.07. The fourth-order valence-corrected chi connectivity index (χ4v) is 4.07. The topological polar surface area (TPSA) is 79.9 Å². The Morgan fingerprint density at radius 1 is 1.23 bits per heavy atom. The molecule has 0 saturated carbocycles. The second-order valence-corrected chi connectivity index (χ2v) is 9.90. The van der Waals surface area contributed by atoms with E-state index in [9.17, 15) is 10.1 Å². The van der Waals surface area contributed by atoms with Crippen LogP contribution in [0.4, 0.5) is 0 Å². The van der Waals surface area contributed by atoms with Crippen LogP contribution in [0.5, 0.6) is 5.75 Å². The van der Waals surface area contributed by atoms with E-state index in [-0.39, 0.29) is 16.9 Å². The summed E-state index contributed by atoms with van der Waals surface area (Å²) >= 11 is 0. The first kappa shape index (κ1) is 24.2. The largest absolute Gasteiger partial charge is 0.496 e. The first-order chi connectivity index (χ1) is 14.3. The van der Waals surface area contributed by atoms with Crippen molar-refractivity contribution in [2.45, 2.75) is 67.0 Å². The van der Waals surface area contributed by atoms with Crippen molar-refractivity contribution in [3.05, 3.63) is 52.4 Å². The molecule has 1 amide bonds. The molecule has 0 bridgehead atoms. The monoisotopic (exact) mass is 422 g/mol. The van der Waals surface area contributed by atoms with Gasteiger partial charge in [-0.25, -0.2) is 0 Å². The summed E-state index contributed by atoms with van der Waals surface area (Å²) in [6.07, 6.45) is 2.41. The van der Waals surface area contributed by atoms with Crippen molar-refractivity contribution in [1.29, 1.82) is 5.26 Å². The lowest BCUT2D eigenvalue weighted by atomic mass is 9.81. The van der Waals surface area contributed by atoms with Gasteiger partial charge >= 0.3 is 0 Å². The maximum absolute atomic E-state index is 12.8. The van der Waals surface area contributed by atoms with Crippen LogP contribution in [0, 0.1) is 30.6 Å². The van der Waals surface area contributed by atoms with Crippen LogP contribution in [0.3, 0.4) is 0 Å². The third-order valence-electron chi connectivity index (χ3n) is 4.83. The molecular weight excluding hydrogens is 388 g/mol. The maximum Gasteiger partial charge on any atom is 0.262 e. The van der Waals surface area contributed by atoms with Gasteiger partial charge in [-0.1, -0.05) is 26.8 Å². The minimum absolute atomic E-state index is 0.0567. The summed E-state index contributed by atoms with van der Waals surface area (Å²) < 4.78 is 7.41. The van der Waals surface area contributed by atoms with E-state index in [0.717, 1.165) is 34.7 Å². The van der Waals surface area contributed by atoms with E-state index in [2.05, 4.69) is 31.2 Å². The van der Waals surface area contributed by atoms with Gasteiger partial charge in [0.15, 0.2) is 0 Å². The Labute approximate surface area is 185 Å². The SMILES string of the molecule is COc1ccc(C=C(C#N)C(=O)NC(C)(C)CC(C)(C)C)cc1Cn1nc(C)cc1C. The van der Waals surface area contributed by atoms with Crippen molar-refractivity contribution in [1.82, 2.24) is 15.1 Å². The minimum Gasteiger partial charge on any atom is -0.496 e. The lowest BCUT2D eigenvalue weighted by Gasteiger charge is -2.33. The van der Waals surface area contributed by atoms with Gasteiger partial charge in [0.25, 0.3) is 5.91 Å². The number of nitriles is 1. The Morgan fingerprint density at radius 2 is 1.90 bits per heavy atom. The molecule has 0 aliphatic heterocycles. The van der Waals surface area contributed by atoms with Gasteiger partial charge in [-0.05, 0) is 69.4 Å². The van der Waals surface area contributed by atoms with Gasteiger partial charge in [-0.3, -0.25) is 9.48 Å². The molecule has 0 unspecified atom stereocenters. The van der Waals surface area contributed by atoms with E-state index in [4.69, 9.17) is 4.74 Å². The molecule has 1 aromatic heterocycles. The number of aromatic nitrogens is 2. The highest BCUT2D eigenvalue weighted by molar-refractivity contribution is 6.02. The first-order valence-electron chi connectivity index (χ1n) is 10.5. The summed E-state index contributed by atoms with van der Waals surface area (Å²) in [4.78, 5) is 12.8. The van der Waals surface area contributed by atoms with Crippen LogP contribution < -0.4 is 10.1 Å². The zero-order valence-corrected chi connectivity index (χ0v) is 20.0. The van der Waals surface area contributed by atoms with Gasteiger partial charge < -0.3 is 10.1 Å². The number of rotatable bonds is 7. The zero-order valence-electron chi connectivity index (χ0n) is 20.0. The van der Waals surface area contributed by atoms with Gasteiger partial charge in [0, 0.05) is 16.8 Å². The van der Waals surface area contributed by atoms with E-state index < -0.39 is 5.54 Å². The highest BCUT2D eigenvalue weighted by Crippen LogP contribution is 2.27. The van der Waals surface area contributed by atoms with Crippen molar-refractivity contribution in [3.63, 3.8) is 0 Å². The fraction of sp³-hybridized carbons (Fsp3) is 0.480. The van der Waals surface area contributed by atoms with Crippen molar-refractivity contribution in [2.24, 2.45) is 5.41 Å². The Morgan fingerprint density at radius 3 is 2.42 bits per heavy atom. The molecule has 0 fully saturated rings. The molecule has 6 heteroatoms. The highest BCUT2D eigenvalue weighted by atomic mass is 16.5. The quantitative estimate of drug-likeness (QED) is 0.514. The molecule has 1 aromatic carbocycles. The number of amides is 1. The average Bonchev–Trinajstić information content (AvgIpc) is 2.94. The molecular formula is C25H34N4O2. The van der Waals surface area contributed by atoms with Gasteiger partial charge in [-0.15, -0.1) is 0 Å². The van der Waals surface area contributed by atoms with Crippen molar-refractivity contribution < 1.29 is 9.53 Å². The average molecular weight is 423 g/mol. The van der Waals surface area contributed by atoms with E-state index in [1.54, 1.807) is 13.2 Å². The van der Waals surface area contributed by atoms with Crippen LogP contribution in [0.1, 0.15) is 63.6 Å². The number of ether oxygens (including phenoxy) is 1. The number of methoxy groups -OCH3 is 1. The molecule has 0 aliphatic rings. The van der Waals surface area contributed by atoms with E-state index >= 15 is 0 Å². The number of nitrogens with one attached hydrogen (secondary N) is 1. The molecule has 6 nitrogen and oxygen atoms in total. The highest BCUT2D eigenvalue weighted by Gasteiger charge is 2.28. The van der Waals surface area contributed by atoms with Crippen molar-refractivity contribution in [3.8, 4) is 11.8 Å². The third-order valence-corrected chi connectivity index (χ3v) is 4.83. The van der Waals surface area contributed by atoms with Gasteiger partial charge in [0.1, 0.15) is 17.4 Å². The van der Waals surface area contributed by atoms with Crippen LogP contribution in [0.2, 0.25) is 0 Å². The number of aryl methyl sites for hydroxylation is 2. The summed E-state index contributed by atoms with van der Waals surface area (Å²) in [6, 6.07) is 9.69. The Bertz CT molecular complexity index is 1020. The number of carbonyl (C=O) groups is 1. The summed E-state index contributed by atoms with van der Waals surface area (Å²) in [7, 11) is 1.63. The van der Waals surface area contributed by atoms with Crippen LogP contribution in [-0.4, -0.2) is 28.3 Å². The summed E-state index contributed by atoms with van der Waals surface area (Å²) in [5.74, 6) is 0.367. The number of carbonyl (C=O) groups excluding carboxylic acids is 1. The van der Waals surface area contributed by atoms with Gasteiger partial charge in [0.05, 0.1) is 19.3 Å². The third kappa shape index (κ3) is 6.99. The molecule has 31 heavy (non-hydrogen) atoms. The molecule has 1 heterocycles. The molecule has 0 spiro atoms. The molecule has 0 radical (unpaired) electrons. The summed E-state index contributed by atoms with van der Waals surface area (Å²) in [5.41, 5.74) is 3.40. The lowest BCUT2D eigenvalue weighted by molar-refractivity contribution is -0.118. The second-order valence-electron chi connectivity index (χ2n) is 9.90. The maximum atomic E-state index is 12.8. The van der Waals surface area contributed by atoms with E-state index in [0.29, 0.717) is 6.54 Å². The van der Waals surface area contributed by atoms with Crippen molar-refractivity contribution >= 4 is 12.0 Å². The molecule has 0 aliphatic carbocycles. The zero-order chi connectivity index (χ0) is 23.4. The van der Waals surface area contributed by atoms with Crippen LogP contribution >= 0.6 is 0 Å². The molecule has 166 valence electrons. The predicted molar refractivity (Wildman–Crippen MR) is 124 cm³/mol. The van der Waals surface area contributed by atoms with Gasteiger partial charge in [-0.2, -0.15) is 10.4 Å². The molecule has 2 aromatic rings. The Balaban J connectivity index is 2.30. The van der Waals surface area contributed by atoms with E-state index in [1.165, 1.54) is 0 Å².